The smallest absolute Gasteiger partial charge is 0.322 e. The number of imidazole rings is 1. The molecule has 3 rings (SSSR count). The molecular formula is C19H27N7O3. The number of nitrogens with one attached hydrogen (secondary N) is 3. The van der Waals surface area contributed by atoms with E-state index >= 15 is 0 Å². The Morgan fingerprint density at radius 3 is 2.72 bits per heavy atom. The molecule has 0 aliphatic carbocycles. The molecule has 156 valence electrons. The van der Waals surface area contributed by atoms with E-state index in [1.54, 1.807) is 12.3 Å². The third-order valence-electron chi connectivity index (χ3n) is 4.60. The Balaban J connectivity index is 1.96. The lowest BCUT2D eigenvalue weighted by Gasteiger charge is -2.11. The van der Waals surface area contributed by atoms with Crippen LogP contribution in [-0.2, 0) is 24.3 Å². The van der Waals surface area contributed by atoms with Gasteiger partial charge < -0.3 is 9.88 Å². The Labute approximate surface area is 167 Å². The lowest BCUT2D eigenvalue weighted by Crippen LogP contribution is -2.31. The summed E-state index contributed by atoms with van der Waals surface area (Å²) < 4.78 is 3.36. The second-order valence-corrected chi connectivity index (χ2v) is 7.49. The summed E-state index contributed by atoms with van der Waals surface area (Å²) in [5.74, 6) is 1.22. The number of H-pyrrole nitrogens is 2. The number of carbonyl (C=O) groups excluding carboxylic acids is 1. The normalized spacial score (nSPS) is 11.4. The van der Waals surface area contributed by atoms with E-state index in [9.17, 15) is 14.4 Å². The number of amides is 1. The van der Waals surface area contributed by atoms with Crippen molar-refractivity contribution >= 4 is 22.9 Å². The van der Waals surface area contributed by atoms with E-state index in [4.69, 9.17) is 0 Å². The minimum atomic E-state index is -0.450. The zero-order valence-corrected chi connectivity index (χ0v) is 17.0. The maximum atomic E-state index is 12.6. The molecule has 10 nitrogen and oxygen atoms in total. The number of aromatic amines is 2. The van der Waals surface area contributed by atoms with Crippen LogP contribution in [0.4, 0.5) is 5.82 Å². The summed E-state index contributed by atoms with van der Waals surface area (Å²) in [5, 5.41) is 9.20. The summed E-state index contributed by atoms with van der Waals surface area (Å²) >= 11 is 0. The minimum Gasteiger partial charge on any atom is -0.322 e. The van der Waals surface area contributed by atoms with Crippen molar-refractivity contribution in [2.24, 2.45) is 5.92 Å². The molecular weight excluding hydrogens is 374 g/mol. The van der Waals surface area contributed by atoms with Crippen LogP contribution < -0.4 is 16.6 Å². The van der Waals surface area contributed by atoms with Crippen LogP contribution >= 0.6 is 0 Å². The monoisotopic (exact) mass is 401 g/mol. The number of fused-ring (bicyclic) bond motifs is 1. The molecule has 3 heterocycles. The Bertz CT molecular complexity index is 1090. The van der Waals surface area contributed by atoms with Crippen molar-refractivity contribution in [2.45, 2.75) is 59.5 Å². The van der Waals surface area contributed by atoms with E-state index in [1.807, 2.05) is 25.3 Å². The van der Waals surface area contributed by atoms with Gasteiger partial charge in [0.15, 0.2) is 11.2 Å². The van der Waals surface area contributed by atoms with Crippen molar-refractivity contribution in [1.29, 1.82) is 0 Å². The number of aryl methyl sites for hydroxylation is 2. The maximum Gasteiger partial charge on any atom is 0.330 e. The molecule has 0 aliphatic heterocycles. The highest BCUT2D eigenvalue weighted by Gasteiger charge is 2.19. The summed E-state index contributed by atoms with van der Waals surface area (Å²) in [4.78, 5) is 44.2. The summed E-state index contributed by atoms with van der Waals surface area (Å²) in [7, 11) is 0. The first-order chi connectivity index (χ1) is 13.9. The van der Waals surface area contributed by atoms with Crippen LogP contribution in [0.15, 0.2) is 21.9 Å². The average molecular weight is 401 g/mol. The van der Waals surface area contributed by atoms with Gasteiger partial charge >= 0.3 is 5.69 Å². The molecule has 0 aromatic carbocycles. The molecule has 3 aromatic heterocycles. The van der Waals surface area contributed by atoms with Gasteiger partial charge in [0.1, 0.15) is 11.6 Å². The van der Waals surface area contributed by atoms with E-state index in [0.717, 1.165) is 12.8 Å². The standard InChI is InChI=1S/C19H27N7O3/c1-4-5-10-25-17-16(18(28)23-19(25)29)26(11-12(2)3)14(22-17)6-7-15(27)21-13-8-9-20-24-13/h8-9,12H,4-7,10-11H2,1-3H3,(H,23,28,29)(H2,20,21,24,27). The lowest BCUT2D eigenvalue weighted by molar-refractivity contribution is -0.116. The van der Waals surface area contributed by atoms with Crippen LogP contribution in [-0.4, -0.2) is 35.2 Å². The molecule has 3 aromatic rings. The Morgan fingerprint density at radius 1 is 1.28 bits per heavy atom. The number of anilines is 1. The van der Waals surface area contributed by atoms with Crippen molar-refractivity contribution in [3.05, 3.63) is 38.9 Å². The van der Waals surface area contributed by atoms with Crippen LogP contribution in [0.3, 0.4) is 0 Å². The van der Waals surface area contributed by atoms with Crippen molar-refractivity contribution in [1.82, 2.24) is 29.3 Å². The molecule has 29 heavy (non-hydrogen) atoms. The van der Waals surface area contributed by atoms with E-state index in [2.05, 4.69) is 25.5 Å². The molecule has 0 aliphatic rings. The molecule has 0 radical (unpaired) electrons. The van der Waals surface area contributed by atoms with Crippen LogP contribution in [0.5, 0.6) is 0 Å². The third kappa shape index (κ3) is 4.64. The molecule has 0 bridgehead atoms. The lowest BCUT2D eigenvalue weighted by atomic mass is 10.2. The SMILES string of the molecule is CCCCn1c(=O)[nH]c(=O)c2c1nc(CCC(=O)Nc1ccn[nH]1)n2CC(C)C. The summed E-state index contributed by atoms with van der Waals surface area (Å²) in [6, 6.07) is 1.66. The van der Waals surface area contributed by atoms with Crippen molar-refractivity contribution in [2.75, 3.05) is 5.32 Å². The van der Waals surface area contributed by atoms with Gasteiger partial charge in [0.25, 0.3) is 5.56 Å². The van der Waals surface area contributed by atoms with Crippen LogP contribution in [0.25, 0.3) is 11.2 Å². The summed E-state index contributed by atoms with van der Waals surface area (Å²) in [6.45, 7) is 7.18. The van der Waals surface area contributed by atoms with Gasteiger partial charge in [-0.05, 0) is 12.3 Å². The highest BCUT2D eigenvalue weighted by Crippen LogP contribution is 2.16. The topological polar surface area (TPSA) is 130 Å². The first-order valence-electron chi connectivity index (χ1n) is 9.92. The second-order valence-electron chi connectivity index (χ2n) is 7.49. The molecule has 10 heteroatoms. The quantitative estimate of drug-likeness (QED) is 0.502. The van der Waals surface area contributed by atoms with Gasteiger partial charge in [0, 0.05) is 32.0 Å². The van der Waals surface area contributed by atoms with Gasteiger partial charge in [-0.1, -0.05) is 27.2 Å². The number of hydrogen-bond acceptors (Lipinski definition) is 5. The number of hydrogen-bond donors (Lipinski definition) is 3. The van der Waals surface area contributed by atoms with Crippen LogP contribution in [0.2, 0.25) is 0 Å². The number of unbranched alkanes of at least 4 members (excludes halogenated alkanes) is 1. The van der Waals surface area contributed by atoms with E-state index in [1.165, 1.54) is 4.57 Å². The van der Waals surface area contributed by atoms with Crippen LogP contribution in [0, 0.1) is 5.92 Å². The predicted octanol–water partition coefficient (Wildman–Crippen LogP) is 1.64. The fourth-order valence-corrected chi connectivity index (χ4v) is 3.26. The van der Waals surface area contributed by atoms with E-state index in [0.29, 0.717) is 42.3 Å². The van der Waals surface area contributed by atoms with Gasteiger partial charge in [0.2, 0.25) is 5.91 Å². The molecule has 0 spiro atoms. The van der Waals surface area contributed by atoms with E-state index < -0.39 is 11.2 Å². The predicted molar refractivity (Wildman–Crippen MR) is 110 cm³/mol. The molecule has 0 fully saturated rings. The van der Waals surface area contributed by atoms with Gasteiger partial charge in [0.05, 0.1) is 6.20 Å². The number of carbonyl (C=O) groups is 1. The maximum absolute atomic E-state index is 12.6. The fraction of sp³-hybridized carbons (Fsp3) is 0.526. The van der Waals surface area contributed by atoms with Gasteiger partial charge in [-0.2, -0.15) is 5.10 Å². The minimum absolute atomic E-state index is 0.185. The first-order valence-corrected chi connectivity index (χ1v) is 9.92. The molecule has 1 amide bonds. The van der Waals surface area contributed by atoms with Crippen molar-refractivity contribution in [3.63, 3.8) is 0 Å². The number of rotatable bonds is 9. The Kier molecular flexibility index (Phi) is 6.30. The van der Waals surface area contributed by atoms with Crippen LogP contribution in [0.1, 0.15) is 45.9 Å². The molecule has 0 atom stereocenters. The molecule has 3 N–H and O–H groups in total. The second kappa shape index (κ2) is 8.89. The van der Waals surface area contributed by atoms with Gasteiger partial charge in [-0.3, -0.25) is 24.2 Å². The zero-order chi connectivity index (χ0) is 21.0. The van der Waals surface area contributed by atoms with Gasteiger partial charge in [-0.25, -0.2) is 9.78 Å². The summed E-state index contributed by atoms with van der Waals surface area (Å²) in [6.07, 6.45) is 3.82. The fourth-order valence-electron chi connectivity index (χ4n) is 3.26. The molecule has 0 saturated heterocycles. The Morgan fingerprint density at radius 2 is 2.07 bits per heavy atom. The summed E-state index contributed by atoms with van der Waals surface area (Å²) in [5.41, 5.74) is -0.122. The number of aromatic nitrogens is 6. The molecule has 0 saturated carbocycles. The number of nitrogens with zero attached hydrogens (tertiary/aromatic N) is 4. The van der Waals surface area contributed by atoms with Crippen molar-refractivity contribution < 1.29 is 4.79 Å². The highest BCUT2D eigenvalue weighted by molar-refractivity contribution is 5.89. The zero-order valence-electron chi connectivity index (χ0n) is 17.0. The largest absolute Gasteiger partial charge is 0.330 e. The molecule has 0 unspecified atom stereocenters. The average Bonchev–Trinajstić information content (AvgIpc) is 3.28. The Hall–Kier alpha value is -3.17. The third-order valence-corrected chi connectivity index (χ3v) is 4.60. The van der Waals surface area contributed by atoms with Gasteiger partial charge in [-0.15, -0.1) is 0 Å². The van der Waals surface area contributed by atoms with Crippen molar-refractivity contribution in [3.8, 4) is 0 Å². The first kappa shape index (κ1) is 20.6. The highest BCUT2D eigenvalue weighted by atomic mass is 16.2. The van der Waals surface area contributed by atoms with E-state index in [-0.39, 0.29) is 18.2 Å².